The Kier molecular flexibility index (Phi) is 4.15. The molecule has 1 N–H and O–H groups in total. The highest BCUT2D eigenvalue weighted by Gasteiger charge is 2.08. The molecular weight excluding hydrogens is 290 g/mol. The summed E-state index contributed by atoms with van der Waals surface area (Å²) >= 11 is 3.24. The molecule has 1 unspecified atom stereocenters. The molecule has 0 aliphatic heterocycles. The molecule has 92 valence electrons. The molecule has 0 heterocycles. The van der Waals surface area contributed by atoms with Gasteiger partial charge in [0.05, 0.1) is 4.83 Å². The smallest absolute Gasteiger partial charge is 0.237 e. The molecule has 0 bridgehead atoms. The van der Waals surface area contributed by atoms with Gasteiger partial charge in [0, 0.05) is 5.69 Å². The van der Waals surface area contributed by atoms with Crippen molar-refractivity contribution >= 4 is 27.5 Å². The number of rotatable bonds is 3. The third-order valence-electron chi connectivity index (χ3n) is 2.62. The molecule has 2 nitrogen and oxygen atoms in total. The Bertz CT molecular complexity index is 520. The molecule has 0 aliphatic rings. The van der Waals surface area contributed by atoms with Crippen LogP contribution < -0.4 is 5.32 Å². The predicted octanol–water partition coefficient (Wildman–Crippen LogP) is 4.08. The van der Waals surface area contributed by atoms with Gasteiger partial charge in [-0.25, -0.2) is 0 Å². The zero-order chi connectivity index (χ0) is 13.0. The Labute approximate surface area is 115 Å². The van der Waals surface area contributed by atoms with Gasteiger partial charge in [0.2, 0.25) is 5.91 Å². The van der Waals surface area contributed by atoms with E-state index in [0.29, 0.717) is 0 Å². The van der Waals surface area contributed by atoms with E-state index in [1.54, 1.807) is 6.92 Å². The van der Waals surface area contributed by atoms with Gasteiger partial charge >= 0.3 is 0 Å². The number of nitrogens with one attached hydrogen (secondary N) is 1. The van der Waals surface area contributed by atoms with Gasteiger partial charge in [0.15, 0.2) is 0 Å². The average molecular weight is 304 g/mol. The van der Waals surface area contributed by atoms with Crippen LogP contribution in [0.1, 0.15) is 6.92 Å². The number of hydrogen-bond donors (Lipinski definition) is 1. The minimum Gasteiger partial charge on any atom is -0.325 e. The molecule has 0 saturated carbocycles. The van der Waals surface area contributed by atoms with Crippen LogP contribution >= 0.6 is 15.9 Å². The Morgan fingerprint density at radius 3 is 2.11 bits per heavy atom. The van der Waals surface area contributed by atoms with Gasteiger partial charge in [0.25, 0.3) is 0 Å². The molecule has 2 aromatic carbocycles. The van der Waals surface area contributed by atoms with Crippen LogP contribution in [-0.4, -0.2) is 10.7 Å². The van der Waals surface area contributed by atoms with Crippen LogP contribution in [-0.2, 0) is 4.79 Å². The lowest BCUT2D eigenvalue weighted by atomic mass is 10.1. The van der Waals surface area contributed by atoms with Gasteiger partial charge < -0.3 is 5.32 Å². The first-order chi connectivity index (χ1) is 8.66. The Hall–Kier alpha value is -1.61. The number of hydrogen-bond acceptors (Lipinski definition) is 1. The molecule has 0 radical (unpaired) electrons. The molecule has 0 fully saturated rings. The molecule has 2 rings (SSSR count). The number of carbonyl (C=O) groups is 1. The van der Waals surface area contributed by atoms with E-state index in [-0.39, 0.29) is 10.7 Å². The Morgan fingerprint density at radius 2 is 1.56 bits per heavy atom. The lowest BCUT2D eigenvalue weighted by Gasteiger charge is -2.07. The van der Waals surface area contributed by atoms with Crippen molar-refractivity contribution < 1.29 is 4.79 Å². The van der Waals surface area contributed by atoms with Gasteiger partial charge in [-0.05, 0) is 30.2 Å². The van der Waals surface area contributed by atoms with Crippen molar-refractivity contribution in [3.63, 3.8) is 0 Å². The van der Waals surface area contributed by atoms with Crippen molar-refractivity contribution in [2.45, 2.75) is 11.8 Å². The maximum absolute atomic E-state index is 11.5. The fourth-order valence-corrected chi connectivity index (χ4v) is 1.73. The van der Waals surface area contributed by atoms with Crippen LogP contribution in [0.3, 0.4) is 0 Å². The number of carbonyl (C=O) groups excluding carboxylic acids is 1. The highest BCUT2D eigenvalue weighted by atomic mass is 79.9. The zero-order valence-corrected chi connectivity index (χ0v) is 11.6. The summed E-state index contributed by atoms with van der Waals surface area (Å²) in [5.74, 6) is -0.0394. The number of benzene rings is 2. The van der Waals surface area contributed by atoms with E-state index in [1.807, 2.05) is 42.5 Å². The van der Waals surface area contributed by atoms with Crippen molar-refractivity contribution in [1.29, 1.82) is 0 Å². The maximum Gasteiger partial charge on any atom is 0.237 e. The second-order valence-corrected chi connectivity index (χ2v) is 5.42. The van der Waals surface area contributed by atoms with E-state index in [9.17, 15) is 4.79 Å². The number of halogens is 1. The minimum absolute atomic E-state index is 0.0394. The molecule has 0 aliphatic carbocycles. The summed E-state index contributed by atoms with van der Waals surface area (Å²) in [7, 11) is 0. The van der Waals surface area contributed by atoms with Gasteiger partial charge in [-0.1, -0.05) is 58.4 Å². The summed E-state index contributed by atoms with van der Waals surface area (Å²) in [6.45, 7) is 1.80. The summed E-state index contributed by atoms with van der Waals surface area (Å²) in [5, 5.41) is 2.83. The van der Waals surface area contributed by atoms with E-state index >= 15 is 0 Å². The van der Waals surface area contributed by atoms with Gasteiger partial charge in [-0.2, -0.15) is 0 Å². The maximum atomic E-state index is 11.5. The topological polar surface area (TPSA) is 29.1 Å². The lowest BCUT2D eigenvalue weighted by Crippen LogP contribution is -2.19. The van der Waals surface area contributed by atoms with Crippen molar-refractivity contribution in [2.75, 3.05) is 5.32 Å². The summed E-state index contributed by atoms with van der Waals surface area (Å²) < 4.78 is 0. The van der Waals surface area contributed by atoms with E-state index < -0.39 is 0 Å². The normalized spacial score (nSPS) is 11.9. The van der Waals surface area contributed by atoms with Gasteiger partial charge in [-0.3, -0.25) is 4.79 Å². The summed E-state index contributed by atoms with van der Waals surface area (Å²) in [6, 6.07) is 18.0. The molecule has 18 heavy (non-hydrogen) atoms. The summed E-state index contributed by atoms with van der Waals surface area (Å²) in [5.41, 5.74) is 3.12. The Balaban J connectivity index is 2.13. The van der Waals surface area contributed by atoms with Gasteiger partial charge in [-0.15, -0.1) is 0 Å². The van der Waals surface area contributed by atoms with Crippen molar-refractivity contribution in [3.8, 4) is 11.1 Å². The van der Waals surface area contributed by atoms with E-state index in [2.05, 4.69) is 33.4 Å². The number of alkyl halides is 1. The summed E-state index contributed by atoms with van der Waals surface area (Å²) in [4.78, 5) is 11.3. The SMILES string of the molecule is CC(Br)C(=O)Nc1ccc(-c2ccccc2)cc1. The first kappa shape index (κ1) is 12.8. The first-order valence-corrected chi connectivity index (χ1v) is 6.69. The fraction of sp³-hybridized carbons (Fsp3) is 0.133. The zero-order valence-electron chi connectivity index (χ0n) is 10.1. The highest BCUT2D eigenvalue weighted by molar-refractivity contribution is 9.10. The molecule has 0 aromatic heterocycles. The van der Waals surface area contributed by atoms with E-state index in [1.165, 1.54) is 5.56 Å². The van der Waals surface area contributed by atoms with Crippen LogP contribution in [0.25, 0.3) is 11.1 Å². The van der Waals surface area contributed by atoms with Crippen LogP contribution in [0.5, 0.6) is 0 Å². The number of amides is 1. The summed E-state index contributed by atoms with van der Waals surface area (Å²) in [6.07, 6.45) is 0. The molecule has 0 spiro atoms. The Morgan fingerprint density at radius 1 is 1.00 bits per heavy atom. The van der Waals surface area contributed by atoms with Crippen LogP contribution in [0.15, 0.2) is 54.6 Å². The second-order valence-electron chi connectivity index (χ2n) is 4.05. The lowest BCUT2D eigenvalue weighted by molar-refractivity contribution is -0.115. The van der Waals surface area contributed by atoms with Crippen molar-refractivity contribution in [3.05, 3.63) is 54.6 Å². The average Bonchev–Trinajstić information content (AvgIpc) is 2.40. The first-order valence-electron chi connectivity index (χ1n) is 5.77. The van der Waals surface area contributed by atoms with Gasteiger partial charge in [0.1, 0.15) is 0 Å². The van der Waals surface area contributed by atoms with Crippen molar-refractivity contribution in [1.82, 2.24) is 0 Å². The van der Waals surface area contributed by atoms with Crippen LogP contribution in [0.2, 0.25) is 0 Å². The standard InChI is InChI=1S/C15H14BrNO/c1-11(16)15(18)17-14-9-7-13(8-10-14)12-5-3-2-4-6-12/h2-11H,1H3,(H,17,18). The van der Waals surface area contributed by atoms with Crippen LogP contribution in [0.4, 0.5) is 5.69 Å². The molecular formula is C15H14BrNO. The fourth-order valence-electron chi connectivity index (χ4n) is 1.62. The molecule has 2 aromatic rings. The highest BCUT2D eigenvalue weighted by Crippen LogP contribution is 2.21. The largest absolute Gasteiger partial charge is 0.325 e. The predicted molar refractivity (Wildman–Crippen MR) is 78.9 cm³/mol. The molecule has 1 amide bonds. The third kappa shape index (κ3) is 3.20. The quantitative estimate of drug-likeness (QED) is 0.851. The molecule has 3 heteroatoms. The van der Waals surface area contributed by atoms with E-state index in [0.717, 1.165) is 11.3 Å². The van der Waals surface area contributed by atoms with E-state index in [4.69, 9.17) is 0 Å². The number of anilines is 1. The molecule has 1 atom stereocenters. The third-order valence-corrected chi connectivity index (χ3v) is 3.04. The molecule has 0 saturated heterocycles. The monoisotopic (exact) mass is 303 g/mol. The van der Waals surface area contributed by atoms with Crippen molar-refractivity contribution in [2.24, 2.45) is 0 Å². The minimum atomic E-state index is -0.189. The second kappa shape index (κ2) is 5.83. The van der Waals surface area contributed by atoms with Crippen LogP contribution in [0, 0.1) is 0 Å².